The maximum atomic E-state index is 13.1. The van der Waals surface area contributed by atoms with Gasteiger partial charge in [-0.3, -0.25) is 19.7 Å². The van der Waals surface area contributed by atoms with Gasteiger partial charge in [-0.25, -0.2) is 4.39 Å². The zero-order valence-electron chi connectivity index (χ0n) is 17.8. The summed E-state index contributed by atoms with van der Waals surface area (Å²) in [6.07, 6.45) is 8.38. The average molecular weight is 426 g/mol. The molecule has 3 heterocycles. The highest BCUT2D eigenvalue weighted by Gasteiger charge is 2.13. The van der Waals surface area contributed by atoms with E-state index in [0.29, 0.717) is 11.3 Å². The van der Waals surface area contributed by atoms with Crippen molar-refractivity contribution in [2.45, 2.75) is 25.8 Å². The van der Waals surface area contributed by atoms with Gasteiger partial charge in [0.1, 0.15) is 5.82 Å². The molecule has 0 radical (unpaired) electrons. The molecule has 0 atom stereocenters. The summed E-state index contributed by atoms with van der Waals surface area (Å²) in [4.78, 5) is 23.9. The Labute approximate surface area is 186 Å². The van der Waals surface area contributed by atoms with Crippen molar-refractivity contribution in [3.63, 3.8) is 0 Å². The fraction of sp³-hybridized carbons (Fsp3) is 0.222. The van der Waals surface area contributed by atoms with E-state index in [1.165, 1.54) is 42.7 Å². The minimum atomic E-state index is -0.350. The molecular formula is C27H24FN3O. The van der Waals surface area contributed by atoms with Gasteiger partial charge in [-0.15, -0.1) is 0 Å². The first-order chi connectivity index (χ1) is 15.6. The highest BCUT2D eigenvalue weighted by Crippen LogP contribution is 2.26. The molecule has 0 N–H and O–H groups in total. The van der Waals surface area contributed by atoms with Crippen LogP contribution in [0.25, 0.3) is 21.9 Å². The summed E-state index contributed by atoms with van der Waals surface area (Å²) in [6.45, 7) is 3.26. The molecule has 1 saturated heterocycles. The van der Waals surface area contributed by atoms with E-state index < -0.39 is 0 Å². The first kappa shape index (κ1) is 20.5. The van der Waals surface area contributed by atoms with Crippen molar-refractivity contribution in [1.82, 2.24) is 14.9 Å². The van der Waals surface area contributed by atoms with Crippen LogP contribution in [0.1, 0.15) is 34.5 Å². The molecule has 0 unspecified atom stereocenters. The normalized spacial score (nSPS) is 14.2. The molecule has 0 saturated carbocycles. The van der Waals surface area contributed by atoms with Crippen LogP contribution in [0, 0.1) is 5.82 Å². The van der Waals surface area contributed by atoms with Crippen molar-refractivity contribution in [2.24, 2.45) is 0 Å². The molecule has 4 aromatic rings. The van der Waals surface area contributed by atoms with E-state index in [-0.39, 0.29) is 18.0 Å². The van der Waals surface area contributed by atoms with E-state index in [4.69, 9.17) is 0 Å². The van der Waals surface area contributed by atoms with Crippen LogP contribution < -0.4 is 0 Å². The SMILES string of the molecule is O=C(Cc1cc2cc(-c3cncc(CN4CCCC4)c3)ccc2cn1)c1ccc(F)cc1. The Morgan fingerprint density at radius 1 is 0.875 bits per heavy atom. The first-order valence-electron chi connectivity index (χ1n) is 11.0. The van der Waals surface area contributed by atoms with Gasteiger partial charge in [0.05, 0.1) is 6.42 Å². The molecule has 0 bridgehead atoms. The summed E-state index contributed by atoms with van der Waals surface area (Å²) in [6, 6.07) is 16.1. The minimum absolute atomic E-state index is 0.0770. The number of halogens is 1. The van der Waals surface area contributed by atoms with Gasteiger partial charge in [0.15, 0.2) is 5.78 Å². The highest BCUT2D eigenvalue weighted by molar-refractivity contribution is 5.97. The number of fused-ring (bicyclic) bond motifs is 1. The summed E-state index contributed by atoms with van der Waals surface area (Å²) in [7, 11) is 0. The molecule has 2 aromatic heterocycles. The maximum Gasteiger partial charge on any atom is 0.168 e. The van der Waals surface area contributed by atoms with E-state index in [1.54, 1.807) is 6.20 Å². The Kier molecular flexibility index (Phi) is 5.73. The summed E-state index contributed by atoms with van der Waals surface area (Å²) >= 11 is 0. The Morgan fingerprint density at radius 2 is 1.69 bits per heavy atom. The number of pyridine rings is 2. The van der Waals surface area contributed by atoms with Gasteiger partial charge in [0.25, 0.3) is 0 Å². The lowest BCUT2D eigenvalue weighted by molar-refractivity contribution is 0.0992. The van der Waals surface area contributed by atoms with E-state index in [1.807, 2.05) is 18.5 Å². The first-order valence-corrected chi connectivity index (χ1v) is 11.0. The van der Waals surface area contributed by atoms with E-state index >= 15 is 0 Å². The molecule has 1 fully saturated rings. The quantitative estimate of drug-likeness (QED) is 0.385. The van der Waals surface area contributed by atoms with Crippen LogP contribution in [-0.2, 0) is 13.0 Å². The van der Waals surface area contributed by atoms with Gasteiger partial charge >= 0.3 is 0 Å². The van der Waals surface area contributed by atoms with Gasteiger partial charge in [0, 0.05) is 47.3 Å². The number of carbonyl (C=O) groups is 1. The van der Waals surface area contributed by atoms with Gasteiger partial charge in [-0.1, -0.05) is 12.1 Å². The molecule has 2 aromatic carbocycles. The molecule has 1 aliphatic rings. The fourth-order valence-corrected chi connectivity index (χ4v) is 4.30. The monoisotopic (exact) mass is 425 g/mol. The van der Waals surface area contributed by atoms with Gasteiger partial charge in [0.2, 0.25) is 0 Å². The van der Waals surface area contributed by atoms with Crippen LogP contribution in [-0.4, -0.2) is 33.7 Å². The predicted molar refractivity (Wildman–Crippen MR) is 124 cm³/mol. The standard InChI is InChI=1S/C27H24FN3O/c28-25-7-5-20(6-8-25)27(32)14-26-13-23-12-21(3-4-22(23)17-30-26)24-11-19(15-29-16-24)18-31-9-1-2-10-31/h3-8,11-13,15-17H,1-2,9-10,14,18H2. The second kappa shape index (κ2) is 8.97. The zero-order valence-corrected chi connectivity index (χ0v) is 17.8. The third-order valence-electron chi connectivity index (χ3n) is 6.02. The molecule has 5 heteroatoms. The molecule has 4 nitrogen and oxygen atoms in total. The smallest absolute Gasteiger partial charge is 0.168 e. The molecular weight excluding hydrogens is 401 g/mol. The minimum Gasteiger partial charge on any atom is -0.299 e. The number of likely N-dealkylation sites (tertiary alicyclic amines) is 1. The lowest BCUT2D eigenvalue weighted by Crippen LogP contribution is -2.18. The lowest BCUT2D eigenvalue weighted by Gasteiger charge is -2.15. The fourth-order valence-electron chi connectivity index (χ4n) is 4.30. The Morgan fingerprint density at radius 3 is 2.50 bits per heavy atom. The molecule has 0 amide bonds. The largest absolute Gasteiger partial charge is 0.299 e. The van der Waals surface area contributed by atoms with Crippen LogP contribution in [0.4, 0.5) is 4.39 Å². The number of hydrogen-bond donors (Lipinski definition) is 0. The van der Waals surface area contributed by atoms with Gasteiger partial charge in [-0.2, -0.15) is 0 Å². The van der Waals surface area contributed by atoms with Crippen LogP contribution in [0.3, 0.4) is 0 Å². The van der Waals surface area contributed by atoms with Crippen molar-refractivity contribution < 1.29 is 9.18 Å². The van der Waals surface area contributed by atoms with Crippen molar-refractivity contribution in [3.05, 3.63) is 95.8 Å². The van der Waals surface area contributed by atoms with Crippen molar-refractivity contribution >= 4 is 16.6 Å². The second-order valence-electron chi connectivity index (χ2n) is 8.41. The molecule has 160 valence electrons. The molecule has 0 aliphatic carbocycles. The number of aromatic nitrogens is 2. The summed E-state index contributed by atoms with van der Waals surface area (Å²) < 4.78 is 13.1. The number of carbonyl (C=O) groups excluding carboxylic acids is 1. The van der Waals surface area contributed by atoms with Crippen LogP contribution >= 0.6 is 0 Å². The average Bonchev–Trinajstić information content (AvgIpc) is 3.32. The van der Waals surface area contributed by atoms with E-state index in [2.05, 4.69) is 39.1 Å². The molecule has 0 spiro atoms. The molecule has 5 rings (SSSR count). The molecule has 32 heavy (non-hydrogen) atoms. The number of ketones is 1. The Hall–Kier alpha value is -3.44. The number of rotatable bonds is 6. The van der Waals surface area contributed by atoms with Crippen molar-refractivity contribution in [1.29, 1.82) is 0 Å². The van der Waals surface area contributed by atoms with Crippen LogP contribution in [0.5, 0.6) is 0 Å². The number of benzene rings is 2. The number of hydrogen-bond acceptors (Lipinski definition) is 4. The third kappa shape index (κ3) is 4.58. The maximum absolute atomic E-state index is 13.1. The van der Waals surface area contributed by atoms with Crippen LogP contribution in [0.15, 0.2) is 73.2 Å². The highest BCUT2D eigenvalue weighted by atomic mass is 19.1. The van der Waals surface area contributed by atoms with E-state index in [0.717, 1.165) is 41.5 Å². The Bertz CT molecular complexity index is 1260. The molecule has 1 aliphatic heterocycles. The van der Waals surface area contributed by atoms with Gasteiger partial charge < -0.3 is 0 Å². The topological polar surface area (TPSA) is 46.1 Å². The van der Waals surface area contributed by atoms with Crippen LogP contribution in [0.2, 0.25) is 0 Å². The summed E-state index contributed by atoms with van der Waals surface area (Å²) in [5, 5.41) is 2.05. The summed E-state index contributed by atoms with van der Waals surface area (Å²) in [5.74, 6) is -0.427. The zero-order chi connectivity index (χ0) is 21.9. The van der Waals surface area contributed by atoms with Crippen molar-refractivity contribution in [2.75, 3.05) is 13.1 Å². The Balaban J connectivity index is 1.38. The summed E-state index contributed by atoms with van der Waals surface area (Å²) in [5.41, 5.74) is 4.59. The third-order valence-corrected chi connectivity index (χ3v) is 6.02. The number of nitrogens with zero attached hydrogens (tertiary/aromatic N) is 3. The van der Waals surface area contributed by atoms with Crippen molar-refractivity contribution in [3.8, 4) is 11.1 Å². The van der Waals surface area contributed by atoms with E-state index in [9.17, 15) is 9.18 Å². The number of Topliss-reactive ketones (excluding diaryl/α,β-unsaturated/α-hetero) is 1. The second-order valence-corrected chi connectivity index (χ2v) is 8.41. The lowest BCUT2D eigenvalue weighted by atomic mass is 10.0. The predicted octanol–water partition coefficient (Wildman–Crippen LogP) is 5.46. The van der Waals surface area contributed by atoms with Gasteiger partial charge in [-0.05, 0) is 84.9 Å².